The molecule has 0 saturated carbocycles. The van der Waals surface area contributed by atoms with Crippen molar-refractivity contribution in [1.82, 2.24) is 0 Å². The third-order valence-electron chi connectivity index (χ3n) is 3.60. The fourth-order valence-electron chi connectivity index (χ4n) is 2.68. The van der Waals surface area contributed by atoms with Gasteiger partial charge in [-0.1, -0.05) is 27.7 Å². The van der Waals surface area contributed by atoms with E-state index in [4.69, 9.17) is 9.84 Å². The molecule has 0 spiro atoms. The fraction of sp³-hybridized carbons (Fsp3) is 1.00. The molecular formula is C13H26O2. The number of rotatable bonds is 4. The van der Waals surface area contributed by atoms with Gasteiger partial charge in [0.1, 0.15) is 0 Å². The first kappa shape index (κ1) is 13.0. The molecule has 15 heavy (non-hydrogen) atoms. The first-order chi connectivity index (χ1) is 7.06. The molecule has 1 aliphatic heterocycles. The van der Waals surface area contributed by atoms with Crippen LogP contribution in [0.3, 0.4) is 0 Å². The molecule has 3 atom stereocenters. The van der Waals surface area contributed by atoms with Gasteiger partial charge in [-0.2, -0.15) is 0 Å². The highest BCUT2D eigenvalue weighted by Gasteiger charge is 2.34. The highest BCUT2D eigenvalue weighted by atomic mass is 16.5. The van der Waals surface area contributed by atoms with E-state index in [9.17, 15) is 0 Å². The summed E-state index contributed by atoms with van der Waals surface area (Å²) in [6.45, 7) is 10.2. The number of hydrogen-bond acceptors (Lipinski definition) is 2. The van der Waals surface area contributed by atoms with E-state index >= 15 is 0 Å². The van der Waals surface area contributed by atoms with Crippen LogP contribution in [0.4, 0.5) is 0 Å². The van der Waals surface area contributed by atoms with E-state index in [1.807, 2.05) is 0 Å². The molecule has 1 N–H and O–H groups in total. The van der Waals surface area contributed by atoms with Gasteiger partial charge < -0.3 is 9.84 Å². The quantitative estimate of drug-likeness (QED) is 0.779. The highest BCUT2D eigenvalue weighted by Crippen LogP contribution is 2.35. The molecule has 1 heterocycles. The zero-order chi connectivity index (χ0) is 11.4. The molecule has 90 valence electrons. The van der Waals surface area contributed by atoms with Crippen LogP contribution >= 0.6 is 0 Å². The molecule has 0 aromatic rings. The van der Waals surface area contributed by atoms with Crippen LogP contribution in [-0.2, 0) is 4.74 Å². The summed E-state index contributed by atoms with van der Waals surface area (Å²) in [5.74, 6) is 2.51. The van der Waals surface area contributed by atoms with Crippen molar-refractivity contribution >= 4 is 0 Å². The lowest BCUT2D eigenvalue weighted by atomic mass is 9.76. The topological polar surface area (TPSA) is 29.5 Å². The standard InChI is InChI=1S/C13H26O2/c1-9(2)12-7-11(5-6-14)8-15-13(12)10(3)4/h9-14H,5-8H2,1-4H3. The van der Waals surface area contributed by atoms with Crippen molar-refractivity contribution in [3.63, 3.8) is 0 Å². The van der Waals surface area contributed by atoms with Crippen LogP contribution in [0.25, 0.3) is 0 Å². The maximum atomic E-state index is 8.96. The second-order valence-corrected chi connectivity index (χ2v) is 5.56. The molecule has 0 aromatic heterocycles. The molecule has 0 aromatic carbocycles. The van der Waals surface area contributed by atoms with Crippen molar-refractivity contribution < 1.29 is 9.84 Å². The van der Waals surface area contributed by atoms with Gasteiger partial charge in [0.05, 0.1) is 6.10 Å². The summed E-state index contributed by atoms with van der Waals surface area (Å²) in [6, 6.07) is 0. The Hall–Kier alpha value is -0.0800. The zero-order valence-corrected chi connectivity index (χ0v) is 10.6. The van der Waals surface area contributed by atoms with Crippen LogP contribution in [0.15, 0.2) is 0 Å². The Morgan fingerprint density at radius 1 is 1.20 bits per heavy atom. The van der Waals surface area contributed by atoms with Crippen molar-refractivity contribution in [2.75, 3.05) is 13.2 Å². The van der Waals surface area contributed by atoms with E-state index in [1.54, 1.807) is 0 Å². The van der Waals surface area contributed by atoms with Gasteiger partial charge in [0.2, 0.25) is 0 Å². The average Bonchev–Trinajstić information content (AvgIpc) is 2.17. The summed E-state index contributed by atoms with van der Waals surface area (Å²) >= 11 is 0. The minimum absolute atomic E-state index is 0.297. The largest absolute Gasteiger partial charge is 0.396 e. The van der Waals surface area contributed by atoms with E-state index < -0.39 is 0 Å². The van der Waals surface area contributed by atoms with Gasteiger partial charge in [0, 0.05) is 13.2 Å². The molecule has 0 bridgehead atoms. The Balaban J connectivity index is 2.57. The summed E-state index contributed by atoms with van der Waals surface area (Å²) in [7, 11) is 0. The van der Waals surface area contributed by atoms with Crippen molar-refractivity contribution in [1.29, 1.82) is 0 Å². The molecule has 1 saturated heterocycles. The Labute approximate surface area is 94.0 Å². The van der Waals surface area contributed by atoms with E-state index in [-0.39, 0.29) is 0 Å². The molecule has 1 rings (SSSR count). The van der Waals surface area contributed by atoms with E-state index in [0.717, 1.165) is 13.0 Å². The third kappa shape index (κ3) is 3.46. The Kier molecular flexibility index (Phi) is 5.07. The molecule has 2 heteroatoms. The maximum Gasteiger partial charge on any atom is 0.0628 e. The molecule has 1 aliphatic rings. The van der Waals surface area contributed by atoms with Gasteiger partial charge in [-0.25, -0.2) is 0 Å². The first-order valence-electron chi connectivity index (χ1n) is 6.28. The second kappa shape index (κ2) is 5.86. The van der Waals surface area contributed by atoms with Crippen LogP contribution in [0, 0.1) is 23.7 Å². The lowest BCUT2D eigenvalue weighted by Gasteiger charge is -2.40. The number of aliphatic hydroxyl groups is 1. The summed E-state index contributed by atoms with van der Waals surface area (Å²) < 4.78 is 5.97. The Morgan fingerprint density at radius 3 is 2.33 bits per heavy atom. The van der Waals surface area contributed by atoms with E-state index in [0.29, 0.717) is 36.4 Å². The van der Waals surface area contributed by atoms with Gasteiger partial charge in [0.15, 0.2) is 0 Å². The van der Waals surface area contributed by atoms with Crippen LogP contribution in [-0.4, -0.2) is 24.4 Å². The normalized spacial score (nSPS) is 32.6. The Morgan fingerprint density at radius 2 is 1.87 bits per heavy atom. The SMILES string of the molecule is CC(C)C1CC(CCO)COC1C(C)C. The predicted molar refractivity (Wildman–Crippen MR) is 62.7 cm³/mol. The molecule has 0 radical (unpaired) electrons. The summed E-state index contributed by atoms with van der Waals surface area (Å²) in [4.78, 5) is 0. The van der Waals surface area contributed by atoms with Gasteiger partial charge in [0.25, 0.3) is 0 Å². The van der Waals surface area contributed by atoms with E-state index in [1.165, 1.54) is 6.42 Å². The predicted octanol–water partition coefficient (Wildman–Crippen LogP) is 2.70. The molecule has 1 fully saturated rings. The van der Waals surface area contributed by atoms with Crippen LogP contribution in [0.1, 0.15) is 40.5 Å². The maximum absolute atomic E-state index is 8.96. The van der Waals surface area contributed by atoms with Crippen molar-refractivity contribution in [3.8, 4) is 0 Å². The molecule has 3 unspecified atom stereocenters. The van der Waals surface area contributed by atoms with Crippen molar-refractivity contribution in [2.24, 2.45) is 23.7 Å². The fourth-order valence-corrected chi connectivity index (χ4v) is 2.68. The smallest absolute Gasteiger partial charge is 0.0628 e. The summed E-state index contributed by atoms with van der Waals surface area (Å²) in [5.41, 5.74) is 0. The van der Waals surface area contributed by atoms with Crippen LogP contribution in [0.2, 0.25) is 0 Å². The third-order valence-corrected chi connectivity index (χ3v) is 3.60. The second-order valence-electron chi connectivity index (χ2n) is 5.56. The van der Waals surface area contributed by atoms with Crippen LogP contribution in [0.5, 0.6) is 0 Å². The van der Waals surface area contributed by atoms with Crippen LogP contribution < -0.4 is 0 Å². The van der Waals surface area contributed by atoms with Crippen molar-refractivity contribution in [2.45, 2.75) is 46.6 Å². The van der Waals surface area contributed by atoms with Crippen molar-refractivity contribution in [3.05, 3.63) is 0 Å². The molecular weight excluding hydrogens is 188 g/mol. The van der Waals surface area contributed by atoms with Gasteiger partial charge in [-0.15, -0.1) is 0 Å². The Bertz CT molecular complexity index is 177. The first-order valence-corrected chi connectivity index (χ1v) is 6.28. The van der Waals surface area contributed by atoms with E-state index in [2.05, 4.69) is 27.7 Å². The number of hydrogen-bond donors (Lipinski definition) is 1. The summed E-state index contributed by atoms with van der Waals surface area (Å²) in [6.07, 6.45) is 2.54. The summed E-state index contributed by atoms with van der Waals surface area (Å²) in [5, 5.41) is 8.96. The minimum Gasteiger partial charge on any atom is -0.396 e. The molecule has 0 amide bonds. The zero-order valence-electron chi connectivity index (χ0n) is 10.6. The van der Waals surface area contributed by atoms with Gasteiger partial charge in [-0.3, -0.25) is 0 Å². The number of aliphatic hydroxyl groups excluding tert-OH is 1. The van der Waals surface area contributed by atoms with Gasteiger partial charge in [-0.05, 0) is 36.5 Å². The lowest BCUT2D eigenvalue weighted by molar-refractivity contribution is -0.0951. The average molecular weight is 214 g/mol. The van der Waals surface area contributed by atoms with Gasteiger partial charge >= 0.3 is 0 Å². The molecule has 0 aliphatic carbocycles. The minimum atomic E-state index is 0.297. The lowest BCUT2D eigenvalue weighted by Crippen LogP contribution is -2.40. The molecule has 2 nitrogen and oxygen atoms in total. The highest BCUT2D eigenvalue weighted by molar-refractivity contribution is 4.82. The monoisotopic (exact) mass is 214 g/mol. The number of ether oxygens (including phenoxy) is 1.